The molecule has 4 amide bonds. The molecule has 0 radical (unpaired) electrons. The molecule has 0 aliphatic carbocycles. The number of hydrogen-bond acceptors (Lipinski definition) is 4. The molecule has 1 aliphatic heterocycles. The molecule has 0 bridgehead atoms. The first-order valence-electron chi connectivity index (χ1n) is 5.41. The Kier molecular flexibility index (Phi) is 4.82. The number of amides is 4. The molecular formula is C11H13ClN4O3. The number of aromatic nitrogens is 1. The molecule has 0 saturated carbocycles. The van der Waals surface area contributed by atoms with Crippen LogP contribution in [0.25, 0.3) is 0 Å². The van der Waals surface area contributed by atoms with E-state index in [1.54, 1.807) is 12.1 Å². The summed E-state index contributed by atoms with van der Waals surface area (Å²) in [6, 6.07) is 2.78. The molecule has 1 fully saturated rings. The van der Waals surface area contributed by atoms with E-state index in [1.807, 2.05) is 0 Å². The number of carbonyl (C=O) groups is 3. The monoisotopic (exact) mass is 284 g/mol. The molecule has 1 saturated heterocycles. The summed E-state index contributed by atoms with van der Waals surface area (Å²) in [5.41, 5.74) is 0.555. The van der Waals surface area contributed by atoms with E-state index in [0.717, 1.165) is 0 Å². The molecule has 2 N–H and O–H groups in total. The number of hydrogen-bond donors (Lipinski definition) is 2. The molecule has 0 unspecified atom stereocenters. The van der Waals surface area contributed by atoms with Gasteiger partial charge in [-0.1, -0.05) is 0 Å². The highest BCUT2D eigenvalue weighted by Crippen LogP contribution is 2.16. The number of pyridine rings is 1. The molecule has 0 spiro atoms. The van der Waals surface area contributed by atoms with Gasteiger partial charge in [0.25, 0.3) is 0 Å². The highest BCUT2D eigenvalue weighted by molar-refractivity contribution is 6.05. The number of imide groups is 1. The van der Waals surface area contributed by atoms with Crippen molar-refractivity contribution in [3.63, 3.8) is 0 Å². The molecule has 1 aliphatic rings. The van der Waals surface area contributed by atoms with Gasteiger partial charge in [-0.15, -0.1) is 12.4 Å². The van der Waals surface area contributed by atoms with E-state index in [9.17, 15) is 14.4 Å². The fourth-order valence-corrected chi connectivity index (χ4v) is 1.61. The SMILES string of the molecule is CC(=O)Nc1ccc(N2CCC(=O)NC2=O)nc1.Cl. The van der Waals surface area contributed by atoms with Gasteiger partial charge in [-0.05, 0) is 12.1 Å². The zero-order chi connectivity index (χ0) is 13.1. The Bertz CT molecular complexity index is 503. The van der Waals surface area contributed by atoms with Crippen molar-refractivity contribution in [3.05, 3.63) is 18.3 Å². The van der Waals surface area contributed by atoms with Crippen LogP contribution in [-0.4, -0.2) is 29.4 Å². The number of nitrogens with one attached hydrogen (secondary N) is 2. The standard InChI is InChI=1S/C11H12N4O3.ClH/c1-7(16)13-8-2-3-9(12-6-8)15-5-4-10(17)14-11(15)18;/h2-3,6H,4-5H2,1H3,(H,13,16)(H,14,17,18);1H. The van der Waals surface area contributed by atoms with E-state index in [4.69, 9.17) is 0 Å². The van der Waals surface area contributed by atoms with Gasteiger partial charge in [0.1, 0.15) is 5.82 Å². The van der Waals surface area contributed by atoms with E-state index in [1.165, 1.54) is 18.0 Å². The predicted octanol–water partition coefficient (Wildman–Crippen LogP) is 0.908. The van der Waals surface area contributed by atoms with Crippen LogP contribution in [0.2, 0.25) is 0 Å². The summed E-state index contributed by atoms with van der Waals surface area (Å²) >= 11 is 0. The molecule has 0 atom stereocenters. The summed E-state index contributed by atoms with van der Waals surface area (Å²) in [5, 5.41) is 4.79. The average molecular weight is 285 g/mol. The average Bonchev–Trinajstić information content (AvgIpc) is 2.30. The lowest BCUT2D eigenvalue weighted by molar-refractivity contribution is -0.120. The van der Waals surface area contributed by atoms with Gasteiger partial charge in [0.15, 0.2) is 0 Å². The van der Waals surface area contributed by atoms with Crippen molar-refractivity contribution < 1.29 is 14.4 Å². The van der Waals surface area contributed by atoms with Crippen LogP contribution in [-0.2, 0) is 9.59 Å². The maximum atomic E-state index is 11.6. The summed E-state index contributed by atoms with van der Waals surface area (Å²) in [5.74, 6) is -0.0360. The van der Waals surface area contributed by atoms with E-state index in [2.05, 4.69) is 15.6 Å². The van der Waals surface area contributed by atoms with Crippen molar-refractivity contribution >= 4 is 41.8 Å². The van der Waals surface area contributed by atoms with Gasteiger partial charge in [-0.25, -0.2) is 9.78 Å². The molecule has 8 heteroatoms. The molecule has 19 heavy (non-hydrogen) atoms. The topological polar surface area (TPSA) is 91.4 Å². The van der Waals surface area contributed by atoms with Gasteiger partial charge < -0.3 is 5.32 Å². The molecule has 1 aromatic heterocycles. The number of carbonyl (C=O) groups excluding carboxylic acids is 3. The third kappa shape index (κ3) is 3.65. The number of rotatable bonds is 2. The zero-order valence-electron chi connectivity index (χ0n) is 10.2. The van der Waals surface area contributed by atoms with Gasteiger partial charge in [0.05, 0.1) is 11.9 Å². The molecule has 0 aromatic carbocycles. The molecule has 2 heterocycles. The maximum Gasteiger partial charge on any atom is 0.329 e. The Morgan fingerprint density at radius 2 is 2.16 bits per heavy atom. The summed E-state index contributed by atoms with van der Waals surface area (Å²) in [4.78, 5) is 38.8. The van der Waals surface area contributed by atoms with Crippen LogP contribution in [0.1, 0.15) is 13.3 Å². The summed E-state index contributed by atoms with van der Waals surface area (Å²) in [7, 11) is 0. The summed E-state index contributed by atoms with van der Waals surface area (Å²) in [6.45, 7) is 1.70. The fraction of sp³-hybridized carbons (Fsp3) is 0.273. The lowest BCUT2D eigenvalue weighted by Crippen LogP contribution is -2.49. The minimum atomic E-state index is -0.481. The third-order valence-electron chi connectivity index (χ3n) is 2.40. The highest BCUT2D eigenvalue weighted by Gasteiger charge is 2.24. The second-order valence-electron chi connectivity index (χ2n) is 3.84. The smallest absolute Gasteiger partial charge is 0.325 e. The van der Waals surface area contributed by atoms with Crippen LogP contribution in [0.15, 0.2) is 18.3 Å². The van der Waals surface area contributed by atoms with Crippen molar-refractivity contribution in [2.45, 2.75) is 13.3 Å². The minimum Gasteiger partial charge on any atom is -0.325 e. The maximum absolute atomic E-state index is 11.6. The Morgan fingerprint density at radius 1 is 1.42 bits per heavy atom. The van der Waals surface area contributed by atoms with Crippen LogP contribution < -0.4 is 15.5 Å². The van der Waals surface area contributed by atoms with Crippen molar-refractivity contribution in [1.82, 2.24) is 10.3 Å². The second-order valence-corrected chi connectivity index (χ2v) is 3.84. The van der Waals surface area contributed by atoms with Gasteiger partial charge in [-0.2, -0.15) is 0 Å². The van der Waals surface area contributed by atoms with Crippen LogP contribution in [0.5, 0.6) is 0 Å². The van der Waals surface area contributed by atoms with E-state index < -0.39 is 6.03 Å². The van der Waals surface area contributed by atoms with Crippen molar-refractivity contribution in [2.24, 2.45) is 0 Å². The first-order chi connectivity index (χ1) is 8.56. The number of urea groups is 1. The molecule has 7 nitrogen and oxygen atoms in total. The Labute approximate surface area is 115 Å². The zero-order valence-corrected chi connectivity index (χ0v) is 11.0. The van der Waals surface area contributed by atoms with Gasteiger partial charge in [-0.3, -0.25) is 19.8 Å². The largest absolute Gasteiger partial charge is 0.329 e. The normalized spacial score (nSPS) is 14.5. The lowest BCUT2D eigenvalue weighted by Gasteiger charge is -2.25. The molecule has 1 aromatic rings. The number of nitrogens with zero attached hydrogens (tertiary/aromatic N) is 2. The quantitative estimate of drug-likeness (QED) is 0.844. The Hall–Kier alpha value is -2.15. The van der Waals surface area contributed by atoms with Gasteiger partial charge >= 0.3 is 6.03 Å². The van der Waals surface area contributed by atoms with Gasteiger partial charge in [0.2, 0.25) is 11.8 Å². The first-order valence-corrected chi connectivity index (χ1v) is 5.41. The van der Waals surface area contributed by atoms with Crippen LogP contribution >= 0.6 is 12.4 Å². The van der Waals surface area contributed by atoms with Crippen LogP contribution in [0, 0.1) is 0 Å². The number of halogens is 1. The summed E-state index contributed by atoms with van der Waals surface area (Å²) in [6.07, 6.45) is 1.71. The van der Waals surface area contributed by atoms with Crippen LogP contribution in [0.4, 0.5) is 16.3 Å². The van der Waals surface area contributed by atoms with Crippen LogP contribution in [0.3, 0.4) is 0 Å². The Morgan fingerprint density at radius 3 is 2.68 bits per heavy atom. The molecular weight excluding hydrogens is 272 g/mol. The van der Waals surface area contributed by atoms with E-state index >= 15 is 0 Å². The lowest BCUT2D eigenvalue weighted by atomic mass is 10.3. The summed E-state index contributed by atoms with van der Waals surface area (Å²) < 4.78 is 0. The van der Waals surface area contributed by atoms with E-state index in [0.29, 0.717) is 18.1 Å². The van der Waals surface area contributed by atoms with Crippen molar-refractivity contribution in [1.29, 1.82) is 0 Å². The molecule has 2 rings (SSSR count). The second kappa shape index (κ2) is 6.14. The third-order valence-corrected chi connectivity index (χ3v) is 2.40. The predicted molar refractivity (Wildman–Crippen MR) is 71.3 cm³/mol. The first kappa shape index (κ1) is 14.9. The highest BCUT2D eigenvalue weighted by atomic mass is 35.5. The van der Waals surface area contributed by atoms with Crippen molar-refractivity contribution in [3.8, 4) is 0 Å². The fourth-order valence-electron chi connectivity index (χ4n) is 1.61. The number of anilines is 2. The Balaban J connectivity index is 0.00000180. The van der Waals surface area contributed by atoms with E-state index in [-0.39, 0.29) is 30.6 Å². The molecule has 102 valence electrons. The minimum absolute atomic E-state index is 0. The van der Waals surface area contributed by atoms with Crippen molar-refractivity contribution in [2.75, 3.05) is 16.8 Å². The van der Waals surface area contributed by atoms with Gasteiger partial charge in [0, 0.05) is 19.9 Å².